The second kappa shape index (κ2) is 6.85. The van der Waals surface area contributed by atoms with E-state index < -0.39 is 0 Å². The molecule has 0 unspecified atom stereocenters. The first-order chi connectivity index (χ1) is 6.88. The number of aliphatic hydroxyl groups is 1. The van der Waals surface area contributed by atoms with E-state index in [1.807, 2.05) is 0 Å². The van der Waals surface area contributed by atoms with E-state index in [-0.39, 0.29) is 6.61 Å². The molecule has 0 aliphatic carbocycles. The van der Waals surface area contributed by atoms with Crippen LogP contribution >= 0.6 is 11.3 Å². The zero-order chi connectivity index (χ0) is 10.2. The number of rotatable bonds is 7. The molecule has 14 heavy (non-hydrogen) atoms. The van der Waals surface area contributed by atoms with Gasteiger partial charge in [0.15, 0.2) is 5.06 Å². The van der Waals surface area contributed by atoms with Crippen LogP contribution in [0.1, 0.15) is 31.7 Å². The third kappa shape index (κ3) is 3.68. The van der Waals surface area contributed by atoms with Gasteiger partial charge in [0.2, 0.25) is 0 Å². The van der Waals surface area contributed by atoms with Gasteiger partial charge in [0, 0.05) is 12.2 Å². The van der Waals surface area contributed by atoms with Crippen molar-refractivity contribution in [1.82, 2.24) is 0 Å². The summed E-state index contributed by atoms with van der Waals surface area (Å²) in [5, 5.41) is 11.7. The van der Waals surface area contributed by atoms with Crippen LogP contribution in [0.25, 0.3) is 0 Å². The maximum absolute atomic E-state index is 8.61. The molecule has 0 saturated heterocycles. The first kappa shape index (κ1) is 11.5. The molecule has 0 spiro atoms. The summed E-state index contributed by atoms with van der Waals surface area (Å²) in [7, 11) is 0. The second-order valence-corrected chi connectivity index (χ2v) is 4.14. The van der Waals surface area contributed by atoms with Crippen LogP contribution in [0.2, 0.25) is 0 Å². The fraction of sp³-hybridized carbons (Fsp3) is 0.636. The third-order valence-electron chi connectivity index (χ3n) is 2.01. The molecule has 0 fully saturated rings. The van der Waals surface area contributed by atoms with E-state index in [1.165, 1.54) is 5.56 Å². The fourth-order valence-corrected chi connectivity index (χ4v) is 2.11. The normalized spacial score (nSPS) is 10.4. The predicted molar refractivity (Wildman–Crippen MR) is 60.1 cm³/mol. The first-order valence-corrected chi connectivity index (χ1v) is 6.06. The monoisotopic (exact) mass is 214 g/mol. The van der Waals surface area contributed by atoms with Crippen LogP contribution in [0.3, 0.4) is 0 Å². The number of aryl methyl sites for hydroxylation is 1. The van der Waals surface area contributed by atoms with E-state index in [1.54, 1.807) is 11.3 Å². The number of hydrogen-bond donors (Lipinski definition) is 1. The lowest BCUT2D eigenvalue weighted by Gasteiger charge is -2.05. The average molecular weight is 214 g/mol. The van der Waals surface area contributed by atoms with E-state index in [0.717, 1.165) is 37.4 Å². The Morgan fingerprint density at radius 3 is 3.00 bits per heavy atom. The van der Waals surface area contributed by atoms with E-state index in [9.17, 15) is 0 Å². The summed E-state index contributed by atoms with van der Waals surface area (Å²) in [6.07, 6.45) is 4.01. The molecule has 0 aromatic carbocycles. The average Bonchev–Trinajstić information content (AvgIpc) is 2.61. The Balaban J connectivity index is 2.30. The number of unbranched alkanes of at least 4 members (excludes halogenated alkanes) is 1. The highest BCUT2D eigenvalue weighted by molar-refractivity contribution is 7.12. The Hall–Kier alpha value is -0.540. The highest BCUT2D eigenvalue weighted by Crippen LogP contribution is 2.27. The zero-order valence-corrected chi connectivity index (χ0v) is 9.48. The summed E-state index contributed by atoms with van der Waals surface area (Å²) in [5.41, 5.74) is 1.32. The largest absolute Gasteiger partial charge is 0.484 e. The van der Waals surface area contributed by atoms with Crippen molar-refractivity contribution in [3.63, 3.8) is 0 Å². The van der Waals surface area contributed by atoms with Gasteiger partial charge < -0.3 is 9.84 Å². The van der Waals surface area contributed by atoms with Gasteiger partial charge in [-0.2, -0.15) is 0 Å². The molecular formula is C11H18O2S. The van der Waals surface area contributed by atoms with Crippen LogP contribution in [0.5, 0.6) is 5.06 Å². The van der Waals surface area contributed by atoms with Gasteiger partial charge in [0.1, 0.15) is 0 Å². The highest BCUT2D eigenvalue weighted by atomic mass is 32.1. The van der Waals surface area contributed by atoms with Crippen molar-refractivity contribution < 1.29 is 9.84 Å². The van der Waals surface area contributed by atoms with E-state index in [2.05, 4.69) is 18.4 Å². The Morgan fingerprint density at radius 1 is 1.43 bits per heavy atom. The Labute approximate surface area is 89.5 Å². The zero-order valence-electron chi connectivity index (χ0n) is 8.66. The molecule has 0 aliphatic rings. The number of aliphatic hydroxyl groups excluding tert-OH is 1. The molecule has 2 nitrogen and oxygen atoms in total. The van der Waals surface area contributed by atoms with Crippen LogP contribution in [0.4, 0.5) is 0 Å². The molecule has 1 aromatic heterocycles. The Morgan fingerprint density at radius 2 is 2.29 bits per heavy atom. The van der Waals surface area contributed by atoms with E-state index >= 15 is 0 Å². The molecule has 0 aliphatic heterocycles. The van der Waals surface area contributed by atoms with Crippen molar-refractivity contribution in [2.24, 2.45) is 0 Å². The van der Waals surface area contributed by atoms with Crippen molar-refractivity contribution in [3.8, 4) is 5.06 Å². The summed E-state index contributed by atoms with van der Waals surface area (Å²) in [5.74, 6) is 0. The topological polar surface area (TPSA) is 29.5 Å². The van der Waals surface area contributed by atoms with Crippen LogP contribution in [0.15, 0.2) is 11.4 Å². The molecule has 3 heteroatoms. The molecule has 0 bridgehead atoms. The summed E-state index contributed by atoms with van der Waals surface area (Å²) in [4.78, 5) is 0. The van der Waals surface area contributed by atoms with Gasteiger partial charge >= 0.3 is 0 Å². The number of thiophene rings is 1. The fourth-order valence-electron chi connectivity index (χ4n) is 1.28. The minimum atomic E-state index is 0.260. The molecule has 0 atom stereocenters. The van der Waals surface area contributed by atoms with Crippen LogP contribution in [0, 0.1) is 0 Å². The van der Waals surface area contributed by atoms with Gasteiger partial charge in [-0.3, -0.25) is 0 Å². The lowest BCUT2D eigenvalue weighted by Crippen LogP contribution is -1.98. The lowest BCUT2D eigenvalue weighted by molar-refractivity contribution is 0.255. The third-order valence-corrected chi connectivity index (χ3v) is 2.88. The predicted octanol–water partition coefficient (Wildman–Crippen LogP) is 2.85. The molecule has 80 valence electrons. The van der Waals surface area contributed by atoms with Crippen molar-refractivity contribution in [3.05, 3.63) is 17.0 Å². The van der Waals surface area contributed by atoms with Crippen LogP contribution < -0.4 is 4.74 Å². The lowest BCUT2D eigenvalue weighted by atomic mass is 10.2. The van der Waals surface area contributed by atoms with Gasteiger partial charge in [-0.1, -0.05) is 13.3 Å². The van der Waals surface area contributed by atoms with Gasteiger partial charge in [0.25, 0.3) is 0 Å². The first-order valence-electron chi connectivity index (χ1n) is 5.18. The summed E-state index contributed by atoms with van der Waals surface area (Å²) >= 11 is 1.66. The molecule has 1 rings (SSSR count). The minimum absolute atomic E-state index is 0.260. The Bertz CT molecular complexity index is 245. The minimum Gasteiger partial charge on any atom is -0.484 e. The number of hydrogen-bond acceptors (Lipinski definition) is 3. The molecule has 0 radical (unpaired) electrons. The number of ether oxygens (including phenoxy) is 1. The quantitative estimate of drug-likeness (QED) is 0.707. The van der Waals surface area contributed by atoms with Crippen molar-refractivity contribution in [1.29, 1.82) is 0 Å². The van der Waals surface area contributed by atoms with Gasteiger partial charge in [0.05, 0.1) is 6.61 Å². The summed E-state index contributed by atoms with van der Waals surface area (Å²) in [6, 6.07) is 2.13. The van der Waals surface area contributed by atoms with Crippen molar-refractivity contribution in [2.75, 3.05) is 13.2 Å². The molecular weight excluding hydrogens is 196 g/mol. The highest BCUT2D eigenvalue weighted by Gasteiger charge is 2.03. The smallest absolute Gasteiger partial charge is 0.176 e. The van der Waals surface area contributed by atoms with Crippen molar-refractivity contribution in [2.45, 2.75) is 32.6 Å². The maximum atomic E-state index is 8.61. The molecule has 1 aromatic rings. The summed E-state index contributed by atoms with van der Waals surface area (Å²) in [6.45, 7) is 3.15. The van der Waals surface area contributed by atoms with E-state index in [0.29, 0.717) is 0 Å². The molecule has 0 amide bonds. The SMILES string of the molecule is CCCc1ccsc1OCCCCO. The molecule has 0 saturated carbocycles. The van der Waals surface area contributed by atoms with E-state index in [4.69, 9.17) is 9.84 Å². The standard InChI is InChI=1S/C11H18O2S/c1-2-5-10-6-9-14-11(10)13-8-4-3-7-12/h6,9,12H,2-5,7-8H2,1H3. The van der Waals surface area contributed by atoms with Gasteiger partial charge in [-0.15, -0.1) is 11.3 Å². The van der Waals surface area contributed by atoms with Crippen LogP contribution in [-0.2, 0) is 6.42 Å². The second-order valence-electron chi connectivity index (χ2n) is 3.26. The molecule has 1 N–H and O–H groups in total. The van der Waals surface area contributed by atoms with Crippen LogP contribution in [-0.4, -0.2) is 18.3 Å². The Kier molecular flexibility index (Phi) is 5.64. The van der Waals surface area contributed by atoms with Gasteiger partial charge in [-0.25, -0.2) is 0 Å². The molecule has 1 heterocycles. The summed E-state index contributed by atoms with van der Waals surface area (Å²) < 4.78 is 5.64. The van der Waals surface area contributed by atoms with Crippen molar-refractivity contribution >= 4 is 11.3 Å². The maximum Gasteiger partial charge on any atom is 0.176 e. The van der Waals surface area contributed by atoms with Gasteiger partial charge in [-0.05, 0) is 30.7 Å².